The van der Waals surface area contributed by atoms with Gasteiger partial charge in [-0.2, -0.15) is 0 Å². The van der Waals surface area contributed by atoms with Gasteiger partial charge in [-0.3, -0.25) is 0 Å². The maximum absolute atomic E-state index is 3.98. The van der Waals surface area contributed by atoms with E-state index >= 15 is 0 Å². The molecule has 1 aliphatic carbocycles. The Kier molecular flexibility index (Phi) is 5.13. The number of benzene rings is 2. The fraction of sp³-hybridized carbons (Fsp3) is 0.423. The molecule has 0 fully saturated rings. The molecule has 4 heteroatoms. The van der Waals surface area contributed by atoms with Crippen LogP contribution in [-0.4, -0.2) is 20.6 Å². The number of aromatic nitrogens is 4. The van der Waals surface area contributed by atoms with E-state index in [-0.39, 0.29) is 10.8 Å². The normalized spacial score (nSPS) is 17.6. The van der Waals surface area contributed by atoms with Crippen molar-refractivity contribution < 1.29 is 0 Å². The Morgan fingerprint density at radius 1 is 1.00 bits per heavy atom. The quantitative estimate of drug-likeness (QED) is 0.520. The molecule has 1 heterocycles. The number of nitrogens with zero attached hydrogens (tertiary/aromatic N) is 3. The van der Waals surface area contributed by atoms with Gasteiger partial charge in [0.2, 0.25) is 0 Å². The van der Waals surface area contributed by atoms with Crippen LogP contribution in [0.2, 0.25) is 0 Å². The summed E-state index contributed by atoms with van der Waals surface area (Å²) in [6.45, 7) is 14.1. The summed E-state index contributed by atoms with van der Waals surface area (Å²) in [5.74, 6) is 0.690. The van der Waals surface area contributed by atoms with E-state index in [2.05, 4.69) is 105 Å². The van der Waals surface area contributed by atoms with Crippen LogP contribution in [0.25, 0.3) is 23.0 Å². The number of tetrazole rings is 1. The molecule has 0 aliphatic heterocycles. The number of nitrogens with one attached hydrogen (secondary N) is 1. The molecule has 30 heavy (non-hydrogen) atoms. The monoisotopic (exact) mass is 400 g/mol. The van der Waals surface area contributed by atoms with Crippen molar-refractivity contribution >= 4 is 11.6 Å². The fourth-order valence-electron chi connectivity index (χ4n) is 4.66. The zero-order valence-corrected chi connectivity index (χ0v) is 19.0. The summed E-state index contributed by atoms with van der Waals surface area (Å²) < 4.78 is 0. The van der Waals surface area contributed by atoms with E-state index in [0.29, 0.717) is 5.82 Å². The number of H-pyrrole nitrogens is 1. The van der Waals surface area contributed by atoms with Crippen LogP contribution in [0.3, 0.4) is 0 Å². The Balaban J connectivity index is 1.74. The number of fused-ring (bicyclic) bond motifs is 1. The van der Waals surface area contributed by atoms with Gasteiger partial charge in [-0.15, -0.1) is 5.10 Å². The first-order valence-electron chi connectivity index (χ1n) is 10.9. The molecule has 4 nitrogen and oxygen atoms in total. The molecule has 0 spiro atoms. The third-order valence-electron chi connectivity index (χ3n) is 6.79. The van der Waals surface area contributed by atoms with Crippen molar-refractivity contribution in [1.82, 2.24) is 20.6 Å². The van der Waals surface area contributed by atoms with Gasteiger partial charge in [0.1, 0.15) is 0 Å². The van der Waals surface area contributed by atoms with Gasteiger partial charge in [-0.25, -0.2) is 5.10 Å². The van der Waals surface area contributed by atoms with Gasteiger partial charge >= 0.3 is 0 Å². The largest absolute Gasteiger partial charge is 0.239 e. The molecule has 0 amide bonds. The van der Waals surface area contributed by atoms with Gasteiger partial charge in [-0.05, 0) is 80.8 Å². The van der Waals surface area contributed by atoms with Crippen LogP contribution in [0.15, 0.2) is 36.4 Å². The minimum absolute atomic E-state index is 0.221. The number of allylic oxidation sites excluding steroid dienone is 1. The van der Waals surface area contributed by atoms with Crippen molar-refractivity contribution in [3.05, 3.63) is 64.2 Å². The summed E-state index contributed by atoms with van der Waals surface area (Å²) in [4.78, 5) is 0. The van der Waals surface area contributed by atoms with Crippen molar-refractivity contribution in [3.63, 3.8) is 0 Å². The SMILES string of the molecule is CCc1cc2c(cc1C(C)=Cc1ccc(-c3nnn[nH]3)cc1)C(C)(C)CCC2(C)C. The van der Waals surface area contributed by atoms with Crippen LogP contribution in [0.5, 0.6) is 0 Å². The van der Waals surface area contributed by atoms with Crippen LogP contribution < -0.4 is 0 Å². The fourth-order valence-corrected chi connectivity index (χ4v) is 4.66. The first-order valence-corrected chi connectivity index (χ1v) is 10.9. The summed E-state index contributed by atoms with van der Waals surface area (Å²) in [5, 5.41) is 14.1. The van der Waals surface area contributed by atoms with Crippen molar-refractivity contribution in [1.29, 1.82) is 0 Å². The number of hydrogen-bond acceptors (Lipinski definition) is 3. The van der Waals surface area contributed by atoms with Gasteiger partial charge in [-0.1, -0.05) is 77.1 Å². The molecule has 1 N–H and O–H groups in total. The Hall–Kier alpha value is -2.75. The molecule has 1 aromatic heterocycles. The van der Waals surface area contributed by atoms with Crippen molar-refractivity contribution in [2.24, 2.45) is 0 Å². The lowest BCUT2D eigenvalue weighted by Gasteiger charge is -2.42. The van der Waals surface area contributed by atoms with Gasteiger partial charge < -0.3 is 0 Å². The third kappa shape index (κ3) is 3.71. The second kappa shape index (κ2) is 7.50. The van der Waals surface area contributed by atoms with Crippen molar-refractivity contribution in [2.75, 3.05) is 0 Å². The van der Waals surface area contributed by atoms with Gasteiger partial charge in [0.25, 0.3) is 0 Å². The van der Waals surface area contributed by atoms with E-state index in [1.807, 2.05) is 0 Å². The average Bonchev–Trinajstić information content (AvgIpc) is 3.26. The molecule has 0 saturated carbocycles. The van der Waals surface area contributed by atoms with Crippen LogP contribution in [0.1, 0.15) is 82.2 Å². The van der Waals surface area contributed by atoms with Crippen LogP contribution in [-0.2, 0) is 17.3 Å². The molecule has 0 bridgehead atoms. The second-order valence-electron chi connectivity index (χ2n) is 9.88. The number of aryl methyl sites for hydroxylation is 1. The Morgan fingerprint density at radius 2 is 1.63 bits per heavy atom. The Labute approximate surface area is 179 Å². The average molecular weight is 401 g/mol. The van der Waals surface area contributed by atoms with Gasteiger partial charge in [0.05, 0.1) is 0 Å². The highest BCUT2D eigenvalue weighted by Gasteiger charge is 2.37. The maximum atomic E-state index is 3.98. The van der Waals surface area contributed by atoms with Crippen LogP contribution in [0.4, 0.5) is 0 Å². The van der Waals surface area contributed by atoms with Gasteiger partial charge in [0.15, 0.2) is 5.82 Å². The Bertz CT molecular complexity index is 1070. The predicted octanol–water partition coefficient (Wildman–Crippen LogP) is 6.34. The predicted molar refractivity (Wildman–Crippen MR) is 124 cm³/mol. The van der Waals surface area contributed by atoms with Crippen LogP contribution >= 0.6 is 0 Å². The zero-order valence-electron chi connectivity index (χ0n) is 19.0. The lowest BCUT2D eigenvalue weighted by Crippen LogP contribution is -2.34. The van der Waals surface area contributed by atoms with Crippen molar-refractivity contribution in [3.8, 4) is 11.4 Å². The van der Waals surface area contributed by atoms with Crippen LogP contribution in [0, 0.1) is 0 Å². The molecule has 0 radical (unpaired) electrons. The molecule has 156 valence electrons. The van der Waals surface area contributed by atoms with E-state index in [1.165, 1.54) is 46.2 Å². The molecule has 0 unspecified atom stereocenters. The summed E-state index contributed by atoms with van der Waals surface area (Å²) in [6, 6.07) is 13.3. The minimum atomic E-state index is 0.221. The summed E-state index contributed by atoms with van der Waals surface area (Å²) in [7, 11) is 0. The Morgan fingerprint density at radius 3 is 2.20 bits per heavy atom. The minimum Gasteiger partial charge on any atom is -0.239 e. The molecule has 4 rings (SSSR count). The zero-order chi connectivity index (χ0) is 21.5. The molecular weight excluding hydrogens is 368 g/mol. The molecule has 3 aromatic rings. The first kappa shape index (κ1) is 20.5. The molecule has 1 aliphatic rings. The van der Waals surface area contributed by atoms with E-state index < -0.39 is 0 Å². The lowest BCUT2D eigenvalue weighted by molar-refractivity contribution is 0.331. The molecule has 2 aromatic carbocycles. The highest BCUT2D eigenvalue weighted by molar-refractivity contribution is 5.82. The molecule has 0 atom stereocenters. The number of rotatable bonds is 4. The van der Waals surface area contributed by atoms with E-state index in [4.69, 9.17) is 0 Å². The van der Waals surface area contributed by atoms with Crippen molar-refractivity contribution in [2.45, 2.75) is 71.6 Å². The number of aromatic amines is 1. The highest BCUT2D eigenvalue weighted by atomic mass is 15.5. The first-order chi connectivity index (χ1) is 14.2. The van der Waals surface area contributed by atoms with E-state index in [1.54, 1.807) is 0 Å². The smallest absolute Gasteiger partial charge is 0.179 e. The molecule has 0 saturated heterocycles. The molecular formula is C26H32N4. The highest BCUT2D eigenvalue weighted by Crippen LogP contribution is 2.47. The standard InChI is InChI=1S/C26H32N4/c1-7-19-15-22-23(26(5,6)13-12-25(22,3)4)16-21(19)17(2)14-18-8-10-20(11-9-18)24-27-29-30-28-24/h8-11,14-16H,7,12-13H2,1-6H3,(H,27,28,29,30). The topological polar surface area (TPSA) is 54.5 Å². The summed E-state index contributed by atoms with van der Waals surface area (Å²) in [5.41, 5.74) is 9.83. The third-order valence-corrected chi connectivity index (χ3v) is 6.79. The lowest BCUT2D eigenvalue weighted by atomic mass is 9.62. The summed E-state index contributed by atoms with van der Waals surface area (Å²) in [6.07, 6.45) is 5.81. The number of hydrogen-bond donors (Lipinski definition) is 1. The van der Waals surface area contributed by atoms with Gasteiger partial charge in [0, 0.05) is 5.56 Å². The maximum Gasteiger partial charge on any atom is 0.179 e. The van der Waals surface area contributed by atoms with E-state index in [0.717, 1.165) is 12.0 Å². The summed E-state index contributed by atoms with van der Waals surface area (Å²) >= 11 is 0. The van der Waals surface area contributed by atoms with E-state index in [9.17, 15) is 0 Å². The second-order valence-corrected chi connectivity index (χ2v) is 9.88.